The zero-order chi connectivity index (χ0) is 12.1. The molecule has 88 valence electrons. The van der Waals surface area contributed by atoms with Crippen LogP contribution in [0.4, 0.5) is 0 Å². The normalized spacial score (nSPS) is 12.4. The van der Waals surface area contributed by atoms with Gasteiger partial charge >= 0.3 is 0 Å². The molecule has 1 atom stereocenters. The van der Waals surface area contributed by atoms with Crippen LogP contribution in [0.1, 0.15) is 16.0 Å². The molecule has 17 heavy (non-hydrogen) atoms. The van der Waals surface area contributed by atoms with Crippen LogP contribution in [0.5, 0.6) is 0 Å². The molecular formula is C14H14BrNS. The van der Waals surface area contributed by atoms with Crippen LogP contribution in [0.2, 0.25) is 0 Å². The fourth-order valence-corrected chi connectivity index (χ4v) is 2.74. The van der Waals surface area contributed by atoms with Crippen molar-refractivity contribution in [1.82, 2.24) is 4.98 Å². The summed E-state index contributed by atoms with van der Waals surface area (Å²) in [6.07, 6.45) is 6.76. The highest BCUT2D eigenvalue weighted by molar-refractivity contribution is 9.09. The van der Waals surface area contributed by atoms with E-state index in [0.29, 0.717) is 4.83 Å². The van der Waals surface area contributed by atoms with Gasteiger partial charge in [0.25, 0.3) is 0 Å². The van der Waals surface area contributed by atoms with Gasteiger partial charge in [-0.15, -0.1) is 11.8 Å². The van der Waals surface area contributed by atoms with E-state index in [2.05, 4.69) is 63.6 Å². The molecule has 0 saturated carbocycles. The van der Waals surface area contributed by atoms with Gasteiger partial charge in [-0.1, -0.05) is 28.1 Å². The Balaban J connectivity index is 2.06. The molecule has 1 unspecified atom stereocenters. The lowest BCUT2D eigenvalue weighted by Gasteiger charge is -2.10. The highest BCUT2D eigenvalue weighted by atomic mass is 79.9. The number of benzene rings is 1. The van der Waals surface area contributed by atoms with Gasteiger partial charge in [-0.05, 0) is 48.1 Å². The third-order valence-electron chi connectivity index (χ3n) is 2.64. The molecule has 0 aliphatic rings. The lowest BCUT2D eigenvalue weighted by Crippen LogP contribution is -1.95. The molecule has 0 saturated heterocycles. The Morgan fingerprint density at radius 2 is 1.76 bits per heavy atom. The molecule has 0 aliphatic carbocycles. The van der Waals surface area contributed by atoms with Crippen molar-refractivity contribution in [3.8, 4) is 0 Å². The molecule has 0 N–H and O–H groups in total. The molecule has 0 bridgehead atoms. The van der Waals surface area contributed by atoms with Crippen molar-refractivity contribution < 1.29 is 0 Å². The molecule has 0 amide bonds. The summed E-state index contributed by atoms with van der Waals surface area (Å²) in [7, 11) is 0. The molecule has 0 aliphatic heterocycles. The molecule has 1 aromatic heterocycles. The smallest absolute Gasteiger partial charge is 0.0435 e. The van der Waals surface area contributed by atoms with Crippen molar-refractivity contribution in [2.45, 2.75) is 16.1 Å². The van der Waals surface area contributed by atoms with Crippen molar-refractivity contribution in [2.24, 2.45) is 0 Å². The summed E-state index contributed by atoms with van der Waals surface area (Å²) < 4.78 is 0. The Labute approximate surface area is 115 Å². The second kappa shape index (κ2) is 6.22. The van der Waals surface area contributed by atoms with Crippen LogP contribution in [0.25, 0.3) is 0 Å². The number of halogens is 1. The highest BCUT2D eigenvalue weighted by Crippen LogP contribution is 2.28. The third-order valence-corrected chi connectivity index (χ3v) is 4.24. The fraction of sp³-hybridized carbons (Fsp3) is 0.214. The van der Waals surface area contributed by atoms with E-state index in [9.17, 15) is 0 Å². The Bertz CT molecular complexity index is 455. The number of rotatable bonds is 4. The molecule has 1 heterocycles. The van der Waals surface area contributed by atoms with Crippen molar-refractivity contribution in [3.63, 3.8) is 0 Å². The first-order chi connectivity index (χ1) is 8.29. The van der Waals surface area contributed by atoms with Crippen LogP contribution < -0.4 is 0 Å². The minimum Gasteiger partial charge on any atom is -0.265 e. The van der Waals surface area contributed by atoms with Crippen molar-refractivity contribution >= 4 is 27.7 Å². The molecular weight excluding hydrogens is 294 g/mol. The lowest BCUT2D eigenvalue weighted by molar-refractivity contribution is 0.942. The van der Waals surface area contributed by atoms with E-state index in [1.54, 1.807) is 11.8 Å². The average Bonchev–Trinajstić information content (AvgIpc) is 2.40. The minimum atomic E-state index is 0.362. The van der Waals surface area contributed by atoms with Crippen LogP contribution in [0.15, 0.2) is 53.7 Å². The number of pyridine rings is 1. The van der Waals surface area contributed by atoms with Gasteiger partial charge in [0.05, 0.1) is 0 Å². The number of aromatic nitrogens is 1. The molecule has 1 aromatic carbocycles. The van der Waals surface area contributed by atoms with Gasteiger partial charge in [0.15, 0.2) is 0 Å². The first kappa shape index (κ1) is 12.7. The van der Waals surface area contributed by atoms with E-state index in [4.69, 9.17) is 0 Å². The van der Waals surface area contributed by atoms with Gasteiger partial charge in [0.1, 0.15) is 0 Å². The average molecular weight is 308 g/mol. The number of thioether (sulfide) groups is 1. The Hall–Kier alpha value is -0.800. The molecule has 0 spiro atoms. The largest absolute Gasteiger partial charge is 0.265 e. The van der Waals surface area contributed by atoms with E-state index in [-0.39, 0.29) is 0 Å². The molecule has 3 heteroatoms. The van der Waals surface area contributed by atoms with Gasteiger partial charge < -0.3 is 0 Å². The fourth-order valence-electron chi connectivity index (χ4n) is 1.66. The van der Waals surface area contributed by atoms with E-state index >= 15 is 0 Å². The first-order valence-electron chi connectivity index (χ1n) is 5.46. The summed E-state index contributed by atoms with van der Waals surface area (Å²) in [5.74, 6) is 0. The van der Waals surface area contributed by atoms with Crippen LogP contribution in [-0.4, -0.2) is 11.2 Å². The summed E-state index contributed by atoms with van der Waals surface area (Å²) in [4.78, 5) is 5.69. The molecule has 0 fully saturated rings. The molecule has 1 nitrogen and oxygen atoms in total. The number of nitrogens with zero attached hydrogens (tertiary/aromatic N) is 1. The lowest BCUT2D eigenvalue weighted by atomic mass is 10.1. The quantitative estimate of drug-likeness (QED) is 0.610. The van der Waals surface area contributed by atoms with Crippen LogP contribution >= 0.6 is 27.7 Å². The molecule has 2 rings (SSSR count). The maximum Gasteiger partial charge on any atom is 0.0435 e. The third kappa shape index (κ3) is 3.58. The highest BCUT2D eigenvalue weighted by Gasteiger charge is 2.08. The van der Waals surface area contributed by atoms with E-state index in [0.717, 1.165) is 6.42 Å². The summed E-state index contributed by atoms with van der Waals surface area (Å²) in [6.45, 7) is 0. The van der Waals surface area contributed by atoms with Crippen molar-refractivity contribution in [2.75, 3.05) is 6.26 Å². The Morgan fingerprint density at radius 3 is 2.35 bits per heavy atom. The van der Waals surface area contributed by atoms with Gasteiger partial charge in [0.2, 0.25) is 0 Å². The van der Waals surface area contributed by atoms with E-state index in [1.165, 1.54) is 16.0 Å². The van der Waals surface area contributed by atoms with Gasteiger partial charge in [0, 0.05) is 22.1 Å². The van der Waals surface area contributed by atoms with Crippen LogP contribution in [-0.2, 0) is 6.42 Å². The monoisotopic (exact) mass is 307 g/mol. The Kier molecular flexibility index (Phi) is 4.63. The number of alkyl halides is 1. The van der Waals surface area contributed by atoms with E-state index in [1.807, 2.05) is 12.4 Å². The van der Waals surface area contributed by atoms with Gasteiger partial charge in [-0.2, -0.15) is 0 Å². The second-order valence-corrected chi connectivity index (χ2v) is 5.79. The standard InChI is InChI=1S/C14H14BrNS/c1-17-13-4-2-12(3-5-13)14(15)10-11-6-8-16-9-7-11/h2-9,14H,10H2,1H3. The maximum atomic E-state index is 4.03. The minimum absolute atomic E-state index is 0.362. The van der Waals surface area contributed by atoms with Crippen LogP contribution in [0.3, 0.4) is 0 Å². The second-order valence-electron chi connectivity index (χ2n) is 3.80. The van der Waals surface area contributed by atoms with Gasteiger partial charge in [-0.3, -0.25) is 4.98 Å². The molecule has 0 radical (unpaired) electrons. The van der Waals surface area contributed by atoms with E-state index < -0.39 is 0 Å². The number of hydrogen-bond donors (Lipinski definition) is 0. The summed E-state index contributed by atoms with van der Waals surface area (Å²) >= 11 is 5.51. The summed E-state index contributed by atoms with van der Waals surface area (Å²) in [6, 6.07) is 12.8. The van der Waals surface area contributed by atoms with Crippen LogP contribution in [0, 0.1) is 0 Å². The first-order valence-corrected chi connectivity index (χ1v) is 7.60. The topological polar surface area (TPSA) is 12.9 Å². The predicted molar refractivity (Wildman–Crippen MR) is 77.8 cm³/mol. The maximum absolute atomic E-state index is 4.03. The van der Waals surface area contributed by atoms with Crippen molar-refractivity contribution in [1.29, 1.82) is 0 Å². The SMILES string of the molecule is CSc1ccc(C(Br)Cc2ccncc2)cc1. The van der Waals surface area contributed by atoms with Crippen molar-refractivity contribution in [3.05, 3.63) is 59.9 Å². The predicted octanol–water partition coefficient (Wildman–Crippen LogP) is 4.48. The Morgan fingerprint density at radius 1 is 1.12 bits per heavy atom. The summed E-state index contributed by atoms with van der Waals surface area (Å²) in [5, 5.41) is 0. The number of hydrogen-bond acceptors (Lipinski definition) is 2. The van der Waals surface area contributed by atoms with Gasteiger partial charge in [-0.25, -0.2) is 0 Å². The zero-order valence-electron chi connectivity index (χ0n) is 9.64. The summed E-state index contributed by atoms with van der Waals surface area (Å²) in [5.41, 5.74) is 2.62. The molecule has 2 aromatic rings. The zero-order valence-corrected chi connectivity index (χ0v) is 12.0.